The Morgan fingerprint density at radius 3 is 2.69 bits per heavy atom. The number of rotatable bonds is 2. The highest BCUT2D eigenvalue weighted by Crippen LogP contribution is 2.17. The van der Waals surface area contributed by atoms with Crippen LogP contribution in [0.1, 0.15) is 34.1 Å². The zero-order chi connectivity index (χ0) is 10.1. The van der Waals surface area contributed by atoms with Crippen LogP contribution in [-0.2, 0) is 9.53 Å². The van der Waals surface area contributed by atoms with Gasteiger partial charge in [-0.15, -0.1) is 0 Å². The lowest BCUT2D eigenvalue weighted by molar-refractivity contribution is -0.145. The number of hydrogen-bond acceptors (Lipinski definition) is 2. The highest BCUT2D eigenvalue weighted by molar-refractivity contribution is 5.82. The van der Waals surface area contributed by atoms with E-state index in [1.165, 1.54) is 0 Å². The van der Waals surface area contributed by atoms with Crippen LogP contribution in [0.2, 0.25) is 0 Å². The molecular weight excluding hydrogens is 166 g/mol. The number of ether oxygens (including phenoxy) is 1. The highest BCUT2D eigenvalue weighted by atomic mass is 16.5. The molecule has 1 fully saturated rings. The summed E-state index contributed by atoms with van der Waals surface area (Å²) in [4.78, 5) is 11.5. The molecule has 1 amide bonds. The summed E-state index contributed by atoms with van der Waals surface area (Å²) in [7, 11) is 0. The number of morpholine rings is 1. The first-order valence-electron chi connectivity index (χ1n) is 4.84. The minimum absolute atomic E-state index is 0.0324. The van der Waals surface area contributed by atoms with Gasteiger partial charge in [0.25, 0.3) is 0 Å². The van der Waals surface area contributed by atoms with Crippen molar-refractivity contribution in [1.29, 1.82) is 0 Å². The molecule has 0 aromatic rings. The molecule has 1 atom stereocenters. The molecule has 0 aliphatic carbocycles. The van der Waals surface area contributed by atoms with Gasteiger partial charge in [0, 0.05) is 0 Å². The molecule has 1 heterocycles. The lowest BCUT2D eigenvalue weighted by atomic mass is 9.99. The fourth-order valence-corrected chi connectivity index (χ4v) is 1.44. The molecule has 76 valence electrons. The second-order valence-electron chi connectivity index (χ2n) is 4.80. The summed E-state index contributed by atoms with van der Waals surface area (Å²) < 4.78 is 5.50. The van der Waals surface area contributed by atoms with E-state index >= 15 is 0 Å². The number of nitrogens with one attached hydrogen (secondary N) is 1. The molecule has 1 aliphatic rings. The third kappa shape index (κ3) is 2.99. The third-order valence-electron chi connectivity index (χ3n) is 2.08. The van der Waals surface area contributed by atoms with Crippen molar-refractivity contribution in [2.24, 2.45) is 5.92 Å². The Morgan fingerprint density at radius 2 is 2.23 bits per heavy atom. The van der Waals surface area contributed by atoms with Gasteiger partial charge in [-0.2, -0.15) is 0 Å². The maximum Gasteiger partial charge on any atom is 0.249 e. The van der Waals surface area contributed by atoms with Gasteiger partial charge in [0.15, 0.2) is 0 Å². The Balaban J connectivity index is 2.49. The van der Waals surface area contributed by atoms with E-state index in [0.717, 1.165) is 6.42 Å². The van der Waals surface area contributed by atoms with Crippen LogP contribution in [0.3, 0.4) is 0 Å². The van der Waals surface area contributed by atoms with Crippen LogP contribution in [0.4, 0.5) is 0 Å². The van der Waals surface area contributed by atoms with Crippen molar-refractivity contribution in [1.82, 2.24) is 5.32 Å². The number of hydrogen-bond donors (Lipinski definition) is 1. The quantitative estimate of drug-likeness (QED) is 0.704. The average molecular weight is 185 g/mol. The van der Waals surface area contributed by atoms with Gasteiger partial charge < -0.3 is 10.1 Å². The topological polar surface area (TPSA) is 38.3 Å². The van der Waals surface area contributed by atoms with Gasteiger partial charge in [0.1, 0.15) is 6.10 Å². The highest BCUT2D eigenvalue weighted by Gasteiger charge is 2.33. The number of carbonyl (C=O) groups excluding carboxylic acids is 1. The smallest absolute Gasteiger partial charge is 0.249 e. The summed E-state index contributed by atoms with van der Waals surface area (Å²) in [6.45, 7) is 8.73. The minimum Gasteiger partial charge on any atom is -0.366 e. The van der Waals surface area contributed by atoms with Gasteiger partial charge in [0.05, 0.1) is 12.1 Å². The van der Waals surface area contributed by atoms with Crippen molar-refractivity contribution < 1.29 is 9.53 Å². The molecular formula is C10H19NO2. The van der Waals surface area contributed by atoms with E-state index in [4.69, 9.17) is 4.74 Å². The average Bonchev–Trinajstić information content (AvgIpc) is 1.93. The predicted molar refractivity (Wildman–Crippen MR) is 51.4 cm³/mol. The monoisotopic (exact) mass is 185 g/mol. The summed E-state index contributed by atoms with van der Waals surface area (Å²) >= 11 is 0. The summed E-state index contributed by atoms with van der Waals surface area (Å²) in [6.07, 6.45) is 0.565. The molecule has 0 aromatic carbocycles. The molecule has 1 aliphatic heterocycles. The zero-order valence-corrected chi connectivity index (χ0v) is 8.89. The van der Waals surface area contributed by atoms with E-state index in [1.807, 2.05) is 13.8 Å². The van der Waals surface area contributed by atoms with Crippen LogP contribution in [0.25, 0.3) is 0 Å². The molecule has 1 unspecified atom stereocenters. The van der Waals surface area contributed by atoms with Crippen LogP contribution in [0, 0.1) is 5.92 Å². The Hall–Kier alpha value is -0.570. The van der Waals surface area contributed by atoms with Crippen LogP contribution in [0.15, 0.2) is 0 Å². The lowest BCUT2D eigenvalue weighted by Gasteiger charge is -2.35. The van der Waals surface area contributed by atoms with E-state index in [2.05, 4.69) is 19.2 Å². The normalized spacial score (nSPS) is 27.5. The van der Waals surface area contributed by atoms with Crippen LogP contribution < -0.4 is 5.32 Å². The van der Waals surface area contributed by atoms with Crippen LogP contribution in [-0.4, -0.2) is 24.2 Å². The SMILES string of the molecule is CC(C)CC1OCC(C)(C)NC1=O. The fourth-order valence-electron chi connectivity index (χ4n) is 1.44. The Bertz CT molecular complexity index is 199. The number of amides is 1. The largest absolute Gasteiger partial charge is 0.366 e. The third-order valence-corrected chi connectivity index (χ3v) is 2.08. The van der Waals surface area contributed by atoms with Crippen LogP contribution >= 0.6 is 0 Å². The molecule has 1 N–H and O–H groups in total. The predicted octanol–water partition coefficient (Wildman–Crippen LogP) is 1.33. The van der Waals surface area contributed by atoms with Crippen molar-refractivity contribution >= 4 is 5.91 Å². The Kier molecular flexibility index (Phi) is 2.96. The lowest BCUT2D eigenvalue weighted by Crippen LogP contribution is -2.57. The van der Waals surface area contributed by atoms with E-state index in [-0.39, 0.29) is 17.6 Å². The minimum atomic E-state index is -0.243. The first-order chi connectivity index (χ1) is 5.91. The molecule has 0 bridgehead atoms. The molecule has 1 saturated heterocycles. The van der Waals surface area contributed by atoms with E-state index in [0.29, 0.717) is 12.5 Å². The van der Waals surface area contributed by atoms with Gasteiger partial charge in [-0.3, -0.25) is 4.79 Å². The van der Waals surface area contributed by atoms with Gasteiger partial charge in [0.2, 0.25) is 5.91 Å². The second kappa shape index (κ2) is 3.66. The summed E-state index contributed by atoms with van der Waals surface area (Å²) in [5.41, 5.74) is -0.204. The van der Waals surface area contributed by atoms with Crippen molar-refractivity contribution in [3.8, 4) is 0 Å². The molecule has 1 rings (SSSR count). The van der Waals surface area contributed by atoms with Gasteiger partial charge in [-0.05, 0) is 26.2 Å². The van der Waals surface area contributed by atoms with Crippen LogP contribution in [0.5, 0.6) is 0 Å². The van der Waals surface area contributed by atoms with E-state index in [9.17, 15) is 4.79 Å². The van der Waals surface area contributed by atoms with Crippen molar-refractivity contribution in [3.63, 3.8) is 0 Å². The standard InChI is InChI=1S/C10H19NO2/c1-7(2)5-8-9(12)11-10(3,4)6-13-8/h7-8H,5-6H2,1-4H3,(H,11,12). The Morgan fingerprint density at radius 1 is 1.62 bits per heavy atom. The molecule has 0 aromatic heterocycles. The molecule has 0 radical (unpaired) electrons. The second-order valence-corrected chi connectivity index (χ2v) is 4.80. The summed E-state index contributed by atoms with van der Waals surface area (Å²) in [5.74, 6) is 0.530. The van der Waals surface area contributed by atoms with Crippen molar-refractivity contribution in [2.75, 3.05) is 6.61 Å². The first-order valence-corrected chi connectivity index (χ1v) is 4.84. The molecule has 3 heteroatoms. The first kappa shape index (κ1) is 10.5. The number of carbonyl (C=O) groups is 1. The molecule has 3 nitrogen and oxygen atoms in total. The van der Waals surface area contributed by atoms with Crippen molar-refractivity contribution in [3.05, 3.63) is 0 Å². The van der Waals surface area contributed by atoms with Crippen molar-refractivity contribution in [2.45, 2.75) is 45.8 Å². The van der Waals surface area contributed by atoms with E-state index in [1.54, 1.807) is 0 Å². The maximum absolute atomic E-state index is 11.5. The summed E-state index contributed by atoms with van der Waals surface area (Å²) in [5, 5.41) is 2.95. The molecule has 0 spiro atoms. The molecule has 13 heavy (non-hydrogen) atoms. The fraction of sp³-hybridized carbons (Fsp3) is 0.900. The van der Waals surface area contributed by atoms with E-state index < -0.39 is 0 Å². The van der Waals surface area contributed by atoms with Gasteiger partial charge >= 0.3 is 0 Å². The Labute approximate surface area is 79.8 Å². The maximum atomic E-state index is 11.5. The zero-order valence-electron chi connectivity index (χ0n) is 8.89. The molecule has 0 saturated carbocycles. The van der Waals surface area contributed by atoms with Gasteiger partial charge in [-0.1, -0.05) is 13.8 Å². The summed E-state index contributed by atoms with van der Waals surface area (Å²) in [6, 6.07) is 0. The van der Waals surface area contributed by atoms with Gasteiger partial charge in [-0.25, -0.2) is 0 Å².